The lowest BCUT2D eigenvalue weighted by atomic mass is 10.1. The van der Waals surface area contributed by atoms with Gasteiger partial charge >= 0.3 is 5.97 Å². The highest BCUT2D eigenvalue weighted by Gasteiger charge is 2.24. The Labute approximate surface area is 201 Å². The van der Waals surface area contributed by atoms with E-state index in [1.165, 1.54) is 7.05 Å². The number of aromatic nitrogens is 4. The monoisotopic (exact) mass is 551 g/mol. The fourth-order valence-electron chi connectivity index (χ4n) is 3.83. The molecule has 32 heavy (non-hydrogen) atoms. The number of carboxylic acids is 1. The summed E-state index contributed by atoms with van der Waals surface area (Å²) in [6, 6.07) is 5.24. The van der Waals surface area contributed by atoms with Gasteiger partial charge in [-0.25, -0.2) is 9.78 Å². The van der Waals surface area contributed by atoms with Crippen molar-refractivity contribution in [1.82, 2.24) is 19.3 Å². The second kappa shape index (κ2) is 8.51. The number of halogens is 1. The molecule has 10 heteroatoms. The minimum Gasteiger partial charge on any atom is -0.476 e. The second-order valence-electron chi connectivity index (χ2n) is 7.23. The first kappa shape index (κ1) is 18.6. The van der Waals surface area contributed by atoms with E-state index in [1.54, 1.807) is 42.8 Å². The summed E-state index contributed by atoms with van der Waals surface area (Å²) in [5.41, 5.74) is 2.53. The molecule has 4 heterocycles. The zero-order chi connectivity index (χ0) is 25.7. The van der Waals surface area contributed by atoms with Crippen molar-refractivity contribution >= 4 is 39.5 Å². The normalized spacial score (nSPS) is 13.2. The number of aryl methyl sites for hydroxylation is 3. The quantitative estimate of drug-likeness (QED) is 0.365. The summed E-state index contributed by atoms with van der Waals surface area (Å²) < 4.78 is 35.8. The van der Waals surface area contributed by atoms with Gasteiger partial charge in [0.15, 0.2) is 5.69 Å². The molecule has 166 valence electrons. The van der Waals surface area contributed by atoms with E-state index in [-0.39, 0.29) is 24.4 Å². The summed E-state index contributed by atoms with van der Waals surface area (Å²) >= 11 is 2.12. The summed E-state index contributed by atoms with van der Waals surface area (Å²) in [5.74, 6) is -0.739. The Morgan fingerprint density at radius 1 is 1.38 bits per heavy atom. The van der Waals surface area contributed by atoms with Crippen LogP contribution in [0.5, 0.6) is 0 Å². The summed E-state index contributed by atoms with van der Waals surface area (Å²) in [6.45, 7) is 3.28. The Bertz CT molecular complexity index is 1500. The first-order chi connectivity index (χ1) is 16.4. The van der Waals surface area contributed by atoms with Crippen LogP contribution in [0.2, 0.25) is 0 Å². The average molecular weight is 551 g/mol. The van der Waals surface area contributed by atoms with Crippen LogP contribution in [0.4, 0.5) is 0 Å². The number of hydrogen-bond acceptors (Lipinski definition) is 6. The van der Waals surface area contributed by atoms with Crippen molar-refractivity contribution in [3.8, 4) is 22.5 Å². The third kappa shape index (κ3) is 3.62. The molecule has 0 saturated heterocycles. The van der Waals surface area contributed by atoms with Crippen LogP contribution in [0.3, 0.4) is 0 Å². The van der Waals surface area contributed by atoms with E-state index in [0.29, 0.717) is 44.9 Å². The molecule has 0 radical (unpaired) electrons. The number of rotatable bonds is 6. The Morgan fingerprint density at radius 3 is 2.75 bits per heavy atom. The third-order valence-electron chi connectivity index (χ3n) is 5.15. The minimum atomic E-state index is -2.59. The number of pyridine rings is 2. The maximum Gasteiger partial charge on any atom is 0.356 e. The molecular weight excluding hydrogens is 527 g/mol. The van der Waals surface area contributed by atoms with E-state index in [2.05, 4.69) is 32.6 Å². The molecule has 0 aromatic carbocycles. The van der Waals surface area contributed by atoms with Gasteiger partial charge in [-0.1, -0.05) is 6.07 Å². The smallest absolute Gasteiger partial charge is 0.356 e. The summed E-state index contributed by atoms with van der Waals surface area (Å²) in [6.07, 6.45) is 1.55. The number of carboxylic acid groups (broad SMARTS) is 1. The molecule has 4 aromatic heterocycles. The Hall–Kier alpha value is -2.99. The fourth-order valence-corrected chi connectivity index (χ4v) is 4.81. The topological polar surface area (TPSA) is 112 Å². The fraction of sp³-hybridized carbons (Fsp3) is 0.273. The summed E-state index contributed by atoms with van der Waals surface area (Å²) in [4.78, 5) is 33.2. The van der Waals surface area contributed by atoms with Gasteiger partial charge in [0.2, 0.25) is 0 Å². The SMILES string of the molecule is [2H]C([2H])([2H])OCCn1c(-c2ccc(-c3c(C)on(C)c3=O)cn2)c(I)c2cc(C)nc(C(=O)O)c21. The van der Waals surface area contributed by atoms with Gasteiger partial charge in [0, 0.05) is 47.0 Å². The van der Waals surface area contributed by atoms with Crippen LogP contribution >= 0.6 is 22.6 Å². The second-order valence-corrected chi connectivity index (χ2v) is 8.31. The molecule has 4 rings (SSSR count). The van der Waals surface area contributed by atoms with Crippen LogP contribution in [-0.2, 0) is 18.3 Å². The number of nitrogens with zero attached hydrogens (tertiary/aromatic N) is 4. The molecule has 0 amide bonds. The maximum atomic E-state index is 12.4. The van der Waals surface area contributed by atoms with Crippen molar-refractivity contribution < 1.29 is 23.3 Å². The van der Waals surface area contributed by atoms with Crippen LogP contribution in [0.25, 0.3) is 33.4 Å². The van der Waals surface area contributed by atoms with Crippen LogP contribution in [0.1, 0.15) is 26.1 Å². The standard InChI is InChI=1S/C22H21IN4O5/c1-11-9-14-17(23)20(27(7-8-31-4)19(14)18(25-11)22(29)30)15-6-5-13(10-24-15)16-12(2)32-26(3)21(16)28/h5-6,9-10H,7-8H2,1-4H3,(H,29,30)/i4D3. The maximum absolute atomic E-state index is 12.4. The highest BCUT2D eigenvalue weighted by Crippen LogP contribution is 2.36. The molecule has 0 aliphatic rings. The molecule has 0 bridgehead atoms. The lowest BCUT2D eigenvalue weighted by molar-refractivity contribution is 0.0692. The number of methoxy groups -OCH3 is 1. The number of ether oxygens (including phenoxy) is 1. The Kier molecular flexibility index (Phi) is 4.94. The molecule has 0 aliphatic carbocycles. The molecule has 0 saturated carbocycles. The summed E-state index contributed by atoms with van der Waals surface area (Å²) in [5, 5.41) is 10.5. The number of aromatic carboxylic acids is 1. The Balaban J connectivity index is 1.90. The molecule has 0 fully saturated rings. The van der Waals surface area contributed by atoms with Crippen molar-refractivity contribution in [2.24, 2.45) is 7.05 Å². The van der Waals surface area contributed by atoms with E-state index in [1.807, 2.05) is 0 Å². The highest BCUT2D eigenvalue weighted by molar-refractivity contribution is 14.1. The van der Waals surface area contributed by atoms with Gasteiger partial charge in [-0.15, -0.1) is 0 Å². The van der Waals surface area contributed by atoms with Crippen LogP contribution in [0, 0.1) is 17.4 Å². The lowest BCUT2D eigenvalue weighted by Gasteiger charge is -2.12. The number of hydrogen-bond donors (Lipinski definition) is 1. The molecule has 0 unspecified atom stereocenters. The largest absolute Gasteiger partial charge is 0.476 e. The van der Waals surface area contributed by atoms with Crippen molar-refractivity contribution in [3.05, 3.63) is 55.5 Å². The number of fused-ring (bicyclic) bond motifs is 1. The van der Waals surface area contributed by atoms with Crippen LogP contribution in [0.15, 0.2) is 33.7 Å². The third-order valence-corrected chi connectivity index (χ3v) is 6.24. The van der Waals surface area contributed by atoms with Gasteiger partial charge < -0.3 is 18.9 Å². The van der Waals surface area contributed by atoms with Crippen molar-refractivity contribution in [2.45, 2.75) is 20.4 Å². The van der Waals surface area contributed by atoms with Gasteiger partial charge in [-0.3, -0.25) is 9.78 Å². The summed E-state index contributed by atoms with van der Waals surface area (Å²) in [7, 11) is -1.06. The first-order valence-corrected chi connectivity index (χ1v) is 10.7. The molecular formula is C22H21IN4O5. The van der Waals surface area contributed by atoms with Crippen molar-refractivity contribution in [3.63, 3.8) is 0 Å². The molecule has 0 spiro atoms. The minimum absolute atomic E-state index is 0.0586. The highest BCUT2D eigenvalue weighted by atomic mass is 127. The van der Waals surface area contributed by atoms with Crippen molar-refractivity contribution in [1.29, 1.82) is 0 Å². The zero-order valence-electron chi connectivity index (χ0n) is 20.5. The molecule has 9 nitrogen and oxygen atoms in total. The van der Waals surface area contributed by atoms with E-state index in [9.17, 15) is 14.7 Å². The first-order valence-electron chi connectivity index (χ1n) is 11.1. The number of carbonyl (C=O) groups is 1. The predicted octanol–water partition coefficient (Wildman–Crippen LogP) is 3.62. The van der Waals surface area contributed by atoms with E-state index >= 15 is 0 Å². The lowest BCUT2D eigenvalue weighted by Crippen LogP contribution is -2.12. The zero-order valence-corrected chi connectivity index (χ0v) is 19.6. The van der Waals surface area contributed by atoms with Gasteiger partial charge in [-0.05, 0) is 48.6 Å². The molecule has 0 aliphatic heterocycles. The van der Waals surface area contributed by atoms with Gasteiger partial charge in [0.05, 0.1) is 33.2 Å². The Morgan fingerprint density at radius 2 is 2.16 bits per heavy atom. The van der Waals surface area contributed by atoms with Crippen LogP contribution < -0.4 is 5.56 Å². The van der Waals surface area contributed by atoms with Crippen LogP contribution in [-0.4, -0.2) is 44.0 Å². The molecule has 1 N–H and O–H groups in total. The predicted molar refractivity (Wildman–Crippen MR) is 127 cm³/mol. The van der Waals surface area contributed by atoms with Gasteiger partial charge in [0.1, 0.15) is 5.76 Å². The average Bonchev–Trinajstić information content (AvgIpc) is 3.18. The molecule has 4 aromatic rings. The van der Waals surface area contributed by atoms with Gasteiger partial charge in [0.25, 0.3) is 5.56 Å². The van der Waals surface area contributed by atoms with E-state index in [4.69, 9.17) is 13.4 Å². The van der Waals surface area contributed by atoms with E-state index in [0.717, 1.165) is 8.31 Å². The van der Waals surface area contributed by atoms with E-state index < -0.39 is 13.0 Å². The van der Waals surface area contributed by atoms with Crippen molar-refractivity contribution in [2.75, 3.05) is 13.6 Å². The van der Waals surface area contributed by atoms with Gasteiger partial charge in [-0.2, -0.15) is 4.74 Å². The molecule has 0 atom stereocenters.